The zero-order valence-electron chi connectivity index (χ0n) is 24.1. The molecule has 0 radical (unpaired) electrons. The van der Waals surface area contributed by atoms with Gasteiger partial charge in [0.2, 0.25) is 0 Å². The van der Waals surface area contributed by atoms with Gasteiger partial charge in [0, 0.05) is 5.92 Å². The van der Waals surface area contributed by atoms with Crippen LogP contribution < -0.4 is 0 Å². The van der Waals surface area contributed by atoms with Gasteiger partial charge in [-0.15, -0.1) is 0 Å². The maximum atomic E-state index is 13.0. The number of hydrogen-bond acceptors (Lipinski definition) is 16. The first-order valence-corrected chi connectivity index (χ1v) is 15.4. The van der Waals surface area contributed by atoms with E-state index in [0.717, 1.165) is 0 Å². The van der Waals surface area contributed by atoms with Crippen LogP contribution in [0.25, 0.3) is 0 Å². The Hall–Kier alpha value is -1.09. The monoisotopic (exact) mass is 638 g/mol. The molecule has 12 unspecified atom stereocenters. The highest BCUT2D eigenvalue weighted by atomic mass is 16.7. The van der Waals surface area contributed by atoms with E-state index in [1.807, 2.05) is 0 Å². The van der Waals surface area contributed by atoms with Gasteiger partial charge in [0.05, 0.1) is 67.5 Å². The molecule has 5 fully saturated rings. The highest BCUT2D eigenvalue weighted by Gasteiger charge is 2.53. The summed E-state index contributed by atoms with van der Waals surface area (Å²) in [5.41, 5.74) is 0. The van der Waals surface area contributed by atoms with Gasteiger partial charge in [-0.25, -0.2) is 0 Å². The molecule has 17 atom stereocenters. The zero-order valence-corrected chi connectivity index (χ0v) is 24.1. The first-order valence-electron chi connectivity index (χ1n) is 15.4. The van der Waals surface area contributed by atoms with Gasteiger partial charge >= 0.3 is 5.97 Å². The van der Waals surface area contributed by atoms with E-state index in [2.05, 4.69) is 0 Å². The highest BCUT2D eigenvalue weighted by molar-refractivity contribution is 5.73. The van der Waals surface area contributed by atoms with Crippen LogP contribution in [-0.4, -0.2) is 167 Å². The van der Waals surface area contributed by atoms with Gasteiger partial charge in [0.15, 0.2) is 12.4 Å². The Bertz CT molecular complexity index is 960. The van der Waals surface area contributed by atoms with E-state index in [9.17, 15) is 61.0 Å². The summed E-state index contributed by atoms with van der Waals surface area (Å²) in [4.78, 5) is 13.0. The number of hydrogen-bond donors (Lipinski definition) is 11. The van der Waals surface area contributed by atoms with Crippen LogP contribution in [0, 0.1) is 17.8 Å². The quantitative estimate of drug-likeness (QED) is 0.122. The molecule has 0 amide bonds. The second-order valence-corrected chi connectivity index (χ2v) is 13.2. The summed E-state index contributed by atoms with van der Waals surface area (Å²) in [5, 5.41) is 114. The van der Waals surface area contributed by atoms with Crippen molar-refractivity contribution in [3.8, 4) is 0 Å². The van der Waals surface area contributed by atoms with Crippen LogP contribution in [-0.2, 0) is 23.7 Å². The van der Waals surface area contributed by atoms with Crippen molar-refractivity contribution in [3.05, 3.63) is 0 Å². The van der Waals surface area contributed by atoms with Crippen LogP contribution in [0.5, 0.6) is 0 Å². The topological polar surface area (TPSA) is 277 Å². The zero-order chi connectivity index (χ0) is 32.0. The van der Waals surface area contributed by atoms with Crippen molar-refractivity contribution in [2.24, 2.45) is 17.8 Å². The lowest BCUT2D eigenvalue weighted by atomic mass is 9.72. The minimum atomic E-state index is -1.83. The predicted octanol–water partition coefficient (Wildman–Crippen LogP) is -5.00. The number of esters is 1. The molecule has 5 rings (SSSR count). The molecule has 254 valence electrons. The fraction of sp³-hybridized carbons (Fsp3) is 0.964. The fourth-order valence-electron chi connectivity index (χ4n) is 7.57. The summed E-state index contributed by atoms with van der Waals surface area (Å²) in [7, 11) is 0. The molecular weight excluding hydrogens is 592 g/mol. The van der Waals surface area contributed by atoms with Crippen LogP contribution in [0.3, 0.4) is 0 Å². The van der Waals surface area contributed by atoms with E-state index in [0.29, 0.717) is 0 Å². The van der Waals surface area contributed by atoms with Crippen LogP contribution in [0.4, 0.5) is 0 Å². The number of carbonyl (C=O) groups is 1. The van der Waals surface area contributed by atoms with Crippen molar-refractivity contribution in [2.75, 3.05) is 6.61 Å². The predicted molar refractivity (Wildman–Crippen MR) is 142 cm³/mol. The van der Waals surface area contributed by atoms with Crippen molar-refractivity contribution < 1.29 is 79.9 Å². The van der Waals surface area contributed by atoms with E-state index < -0.39 is 122 Å². The maximum absolute atomic E-state index is 13.0. The van der Waals surface area contributed by atoms with E-state index >= 15 is 0 Å². The number of aliphatic hydroxyl groups excluding tert-OH is 11. The number of rotatable bonds is 6. The number of ether oxygens (including phenoxy) is 4. The van der Waals surface area contributed by atoms with Crippen molar-refractivity contribution in [2.45, 2.75) is 143 Å². The third kappa shape index (κ3) is 6.94. The summed E-state index contributed by atoms with van der Waals surface area (Å²) in [6.07, 6.45) is -20.4. The molecule has 0 aromatic carbocycles. The minimum Gasteiger partial charge on any atom is -0.454 e. The first-order chi connectivity index (χ1) is 20.8. The van der Waals surface area contributed by atoms with E-state index in [1.54, 1.807) is 0 Å². The molecule has 44 heavy (non-hydrogen) atoms. The molecular formula is C28H46O16. The lowest BCUT2D eigenvalue weighted by Crippen LogP contribution is -2.63. The molecule has 5 aliphatic rings. The molecule has 0 aromatic heterocycles. The second-order valence-electron chi connectivity index (χ2n) is 13.2. The lowest BCUT2D eigenvalue weighted by molar-refractivity contribution is -0.327. The minimum absolute atomic E-state index is 0.00428. The van der Waals surface area contributed by atoms with Crippen molar-refractivity contribution in [3.63, 3.8) is 0 Å². The van der Waals surface area contributed by atoms with Crippen molar-refractivity contribution in [1.82, 2.24) is 0 Å². The van der Waals surface area contributed by atoms with Gasteiger partial charge in [-0.05, 0) is 50.9 Å². The Morgan fingerprint density at radius 1 is 0.659 bits per heavy atom. The standard InChI is InChI=1S/C28H46O16/c29-8-20-23(38)24(39)26(44-27(40)10-2-14(32)21(36)15(33)3-10)28(43-20)42-19-4-9(1-16(34)22(19)37)25-17(35)7-12-13(31)5-11(30)6-18(12)41-25/h9-26,28-39H,1-8H2/t9?,10?,11?,12?,13?,14?,15?,16?,17?,18?,19?,20-,21?,22?,23+,24+,25?,26-,28-/m1/s1. The maximum Gasteiger partial charge on any atom is 0.309 e. The van der Waals surface area contributed by atoms with Crippen LogP contribution >= 0.6 is 0 Å². The fourth-order valence-corrected chi connectivity index (χ4v) is 7.57. The Balaban J connectivity index is 1.30. The first kappa shape index (κ1) is 34.3. The molecule has 0 spiro atoms. The Kier molecular flexibility index (Phi) is 10.9. The average molecular weight is 639 g/mol. The van der Waals surface area contributed by atoms with E-state index in [4.69, 9.17) is 18.9 Å². The normalized spacial score (nSPS) is 53.5. The SMILES string of the molecule is O=C(O[C@H]1[C@H](OC2CC(C3OC4CC(O)CC(O)C4CC3O)CC(O)C2O)O[C@H](CO)[C@H](O)[C@@H]1O)C1CC(O)C(O)C(O)C1. The van der Waals surface area contributed by atoms with Gasteiger partial charge in [-0.1, -0.05) is 0 Å². The van der Waals surface area contributed by atoms with E-state index in [-0.39, 0.29) is 50.9 Å². The smallest absolute Gasteiger partial charge is 0.309 e. The summed E-state index contributed by atoms with van der Waals surface area (Å²) in [6.45, 7) is -0.752. The summed E-state index contributed by atoms with van der Waals surface area (Å²) >= 11 is 0. The Morgan fingerprint density at radius 2 is 1.32 bits per heavy atom. The summed E-state index contributed by atoms with van der Waals surface area (Å²) in [6, 6.07) is 0. The van der Waals surface area contributed by atoms with Crippen molar-refractivity contribution in [1.29, 1.82) is 0 Å². The molecule has 2 aliphatic heterocycles. The van der Waals surface area contributed by atoms with Gasteiger partial charge in [0.25, 0.3) is 0 Å². The summed E-state index contributed by atoms with van der Waals surface area (Å²) in [5.74, 6) is -3.02. The van der Waals surface area contributed by atoms with Gasteiger partial charge in [0.1, 0.15) is 30.5 Å². The number of aliphatic hydroxyl groups is 11. The third-order valence-corrected chi connectivity index (χ3v) is 10.1. The molecule has 3 aliphatic carbocycles. The van der Waals surface area contributed by atoms with Crippen LogP contribution in [0.1, 0.15) is 44.9 Å². The molecule has 11 N–H and O–H groups in total. The van der Waals surface area contributed by atoms with Crippen LogP contribution in [0.15, 0.2) is 0 Å². The third-order valence-electron chi connectivity index (χ3n) is 10.1. The number of fused-ring (bicyclic) bond motifs is 1. The molecule has 2 saturated heterocycles. The lowest BCUT2D eigenvalue weighted by Gasteiger charge is -2.50. The van der Waals surface area contributed by atoms with Gasteiger partial charge in [-0.2, -0.15) is 0 Å². The molecule has 0 aromatic rings. The van der Waals surface area contributed by atoms with Crippen molar-refractivity contribution >= 4 is 5.97 Å². The van der Waals surface area contributed by atoms with Gasteiger partial charge in [-0.3, -0.25) is 4.79 Å². The Morgan fingerprint density at radius 3 is 1.98 bits per heavy atom. The highest BCUT2D eigenvalue weighted by Crippen LogP contribution is 2.42. The van der Waals surface area contributed by atoms with Crippen LogP contribution in [0.2, 0.25) is 0 Å². The average Bonchev–Trinajstić information content (AvgIpc) is 2.97. The molecule has 3 saturated carbocycles. The molecule has 16 nitrogen and oxygen atoms in total. The summed E-state index contributed by atoms with van der Waals surface area (Å²) < 4.78 is 23.2. The second kappa shape index (κ2) is 13.9. The van der Waals surface area contributed by atoms with E-state index in [1.165, 1.54) is 0 Å². The van der Waals surface area contributed by atoms with Gasteiger partial charge < -0.3 is 75.1 Å². The largest absolute Gasteiger partial charge is 0.454 e. The Labute approximate surface area is 253 Å². The molecule has 16 heteroatoms. The number of carbonyl (C=O) groups excluding carboxylic acids is 1. The molecule has 2 heterocycles. The molecule has 0 bridgehead atoms.